The fraction of sp³-hybridized carbons (Fsp3) is 0.647. The number of hydrogen-bond donors (Lipinski definition) is 1. The highest BCUT2D eigenvalue weighted by atomic mass is 16.5. The van der Waals surface area contributed by atoms with E-state index in [1.165, 1.54) is 5.56 Å². The van der Waals surface area contributed by atoms with Crippen molar-refractivity contribution < 1.29 is 4.74 Å². The molecule has 2 rings (SSSR count). The molecule has 0 aromatic heterocycles. The van der Waals surface area contributed by atoms with Gasteiger partial charge in [0.2, 0.25) is 0 Å². The summed E-state index contributed by atoms with van der Waals surface area (Å²) in [6, 6.07) is 11.6. The molecule has 1 saturated heterocycles. The summed E-state index contributed by atoms with van der Waals surface area (Å²) in [5, 5.41) is 3.65. The summed E-state index contributed by atoms with van der Waals surface area (Å²) in [4.78, 5) is 2.58. The second kappa shape index (κ2) is 6.70. The van der Waals surface area contributed by atoms with Crippen molar-refractivity contribution in [2.24, 2.45) is 0 Å². The Morgan fingerprint density at radius 2 is 2.00 bits per heavy atom. The zero-order chi connectivity index (χ0) is 14.6. The zero-order valence-electron chi connectivity index (χ0n) is 13.2. The SMILES string of the molecule is CCNC(c1ccccc1)C(C)N1CCOCC1(C)C. The minimum Gasteiger partial charge on any atom is -0.378 e. The molecule has 1 aliphatic rings. The maximum absolute atomic E-state index is 5.65. The molecular formula is C17H28N2O. The minimum absolute atomic E-state index is 0.0973. The summed E-state index contributed by atoms with van der Waals surface area (Å²) in [6.07, 6.45) is 0. The van der Waals surface area contributed by atoms with E-state index >= 15 is 0 Å². The summed E-state index contributed by atoms with van der Waals surface area (Å²) in [6.45, 7) is 12.7. The van der Waals surface area contributed by atoms with Crippen LogP contribution in [0.5, 0.6) is 0 Å². The molecule has 0 spiro atoms. The number of morpholine rings is 1. The van der Waals surface area contributed by atoms with Gasteiger partial charge < -0.3 is 10.1 Å². The quantitative estimate of drug-likeness (QED) is 0.895. The number of nitrogens with zero attached hydrogens (tertiary/aromatic N) is 1. The third-order valence-corrected chi connectivity index (χ3v) is 4.27. The van der Waals surface area contributed by atoms with E-state index < -0.39 is 0 Å². The number of hydrogen-bond acceptors (Lipinski definition) is 3. The predicted molar refractivity (Wildman–Crippen MR) is 83.9 cm³/mol. The van der Waals surface area contributed by atoms with Gasteiger partial charge in [-0.15, -0.1) is 0 Å². The van der Waals surface area contributed by atoms with Gasteiger partial charge in [-0.1, -0.05) is 37.3 Å². The number of ether oxygens (including phenoxy) is 1. The molecule has 1 N–H and O–H groups in total. The first-order valence-corrected chi connectivity index (χ1v) is 7.69. The van der Waals surface area contributed by atoms with Crippen molar-refractivity contribution in [1.29, 1.82) is 0 Å². The Morgan fingerprint density at radius 1 is 1.30 bits per heavy atom. The molecule has 0 saturated carbocycles. The Labute approximate surface area is 123 Å². The highest BCUT2D eigenvalue weighted by molar-refractivity contribution is 5.21. The zero-order valence-corrected chi connectivity index (χ0v) is 13.2. The third-order valence-electron chi connectivity index (χ3n) is 4.27. The van der Waals surface area contributed by atoms with E-state index in [0.717, 1.165) is 26.3 Å². The lowest BCUT2D eigenvalue weighted by atomic mass is 9.93. The molecule has 112 valence electrons. The van der Waals surface area contributed by atoms with Crippen LogP contribution in [0.3, 0.4) is 0 Å². The Kier molecular flexibility index (Phi) is 5.19. The fourth-order valence-electron chi connectivity index (χ4n) is 3.25. The van der Waals surface area contributed by atoms with Gasteiger partial charge in [-0.05, 0) is 32.9 Å². The van der Waals surface area contributed by atoms with Crippen molar-refractivity contribution in [3.05, 3.63) is 35.9 Å². The van der Waals surface area contributed by atoms with Crippen LogP contribution in [0.1, 0.15) is 39.3 Å². The van der Waals surface area contributed by atoms with Crippen LogP contribution in [-0.4, -0.2) is 42.8 Å². The van der Waals surface area contributed by atoms with Crippen LogP contribution in [0.25, 0.3) is 0 Å². The largest absolute Gasteiger partial charge is 0.378 e. The van der Waals surface area contributed by atoms with E-state index in [1.807, 2.05) is 0 Å². The lowest BCUT2D eigenvalue weighted by Gasteiger charge is -2.48. The van der Waals surface area contributed by atoms with E-state index in [-0.39, 0.29) is 5.54 Å². The van der Waals surface area contributed by atoms with Crippen molar-refractivity contribution in [2.75, 3.05) is 26.3 Å². The van der Waals surface area contributed by atoms with Gasteiger partial charge in [0.05, 0.1) is 13.2 Å². The monoisotopic (exact) mass is 276 g/mol. The average Bonchev–Trinajstić information content (AvgIpc) is 2.44. The highest BCUT2D eigenvalue weighted by Crippen LogP contribution is 2.28. The molecule has 20 heavy (non-hydrogen) atoms. The molecule has 1 fully saturated rings. The van der Waals surface area contributed by atoms with Crippen molar-refractivity contribution in [1.82, 2.24) is 10.2 Å². The third kappa shape index (κ3) is 3.40. The Morgan fingerprint density at radius 3 is 2.60 bits per heavy atom. The van der Waals surface area contributed by atoms with Gasteiger partial charge in [-0.25, -0.2) is 0 Å². The molecule has 1 aliphatic heterocycles. The molecule has 1 heterocycles. The summed E-state index contributed by atoms with van der Waals surface area (Å²) in [7, 11) is 0. The standard InChI is InChI=1S/C17H28N2O/c1-5-18-16(15-9-7-6-8-10-15)14(2)19-11-12-20-13-17(19,3)4/h6-10,14,16,18H,5,11-13H2,1-4H3. The van der Waals surface area contributed by atoms with Crippen molar-refractivity contribution in [2.45, 2.75) is 45.3 Å². The maximum atomic E-state index is 5.65. The van der Waals surface area contributed by atoms with Crippen LogP contribution in [0.4, 0.5) is 0 Å². The smallest absolute Gasteiger partial charge is 0.0645 e. The van der Waals surface area contributed by atoms with Gasteiger partial charge in [0.15, 0.2) is 0 Å². The van der Waals surface area contributed by atoms with Crippen LogP contribution in [0.2, 0.25) is 0 Å². The van der Waals surface area contributed by atoms with Gasteiger partial charge in [0.25, 0.3) is 0 Å². The molecule has 0 radical (unpaired) electrons. The van der Waals surface area contributed by atoms with E-state index in [9.17, 15) is 0 Å². The van der Waals surface area contributed by atoms with Gasteiger partial charge in [-0.2, -0.15) is 0 Å². The first-order chi connectivity index (χ1) is 9.56. The molecule has 0 bridgehead atoms. The van der Waals surface area contributed by atoms with E-state index in [2.05, 4.69) is 68.2 Å². The molecule has 3 heteroatoms. The first-order valence-electron chi connectivity index (χ1n) is 7.69. The van der Waals surface area contributed by atoms with Crippen molar-refractivity contribution >= 4 is 0 Å². The van der Waals surface area contributed by atoms with E-state index in [1.54, 1.807) is 0 Å². The number of rotatable bonds is 5. The predicted octanol–water partition coefficient (Wildman–Crippen LogP) is 2.84. The molecule has 2 atom stereocenters. The second-order valence-corrected chi connectivity index (χ2v) is 6.25. The number of likely N-dealkylation sites (N-methyl/N-ethyl adjacent to an activating group) is 1. The lowest BCUT2D eigenvalue weighted by molar-refractivity contribution is -0.0751. The van der Waals surface area contributed by atoms with Gasteiger partial charge >= 0.3 is 0 Å². The summed E-state index contributed by atoms with van der Waals surface area (Å²) in [5.74, 6) is 0. The Hall–Kier alpha value is -0.900. The summed E-state index contributed by atoms with van der Waals surface area (Å²) < 4.78 is 5.65. The van der Waals surface area contributed by atoms with Crippen molar-refractivity contribution in [3.8, 4) is 0 Å². The number of benzene rings is 1. The topological polar surface area (TPSA) is 24.5 Å². The molecule has 3 nitrogen and oxygen atoms in total. The van der Waals surface area contributed by atoms with Crippen LogP contribution < -0.4 is 5.32 Å². The molecule has 1 aromatic carbocycles. The molecule has 0 aliphatic carbocycles. The minimum atomic E-state index is 0.0973. The normalized spacial score (nSPS) is 22.4. The van der Waals surface area contributed by atoms with Crippen LogP contribution in [-0.2, 0) is 4.74 Å². The average molecular weight is 276 g/mol. The first kappa shape index (κ1) is 15.5. The second-order valence-electron chi connectivity index (χ2n) is 6.25. The fourth-order valence-corrected chi connectivity index (χ4v) is 3.25. The number of nitrogens with one attached hydrogen (secondary N) is 1. The van der Waals surface area contributed by atoms with Gasteiger partial charge in [-0.3, -0.25) is 4.90 Å². The molecule has 0 amide bonds. The Bertz CT molecular complexity index is 405. The Balaban J connectivity index is 2.20. The van der Waals surface area contributed by atoms with Gasteiger partial charge in [0.1, 0.15) is 0 Å². The van der Waals surface area contributed by atoms with Gasteiger partial charge in [0, 0.05) is 24.2 Å². The molecular weight excluding hydrogens is 248 g/mol. The summed E-state index contributed by atoms with van der Waals surface area (Å²) >= 11 is 0. The van der Waals surface area contributed by atoms with Crippen LogP contribution in [0, 0.1) is 0 Å². The van der Waals surface area contributed by atoms with Crippen LogP contribution in [0.15, 0.2) is 30.3 Å². The summed E-state index contributed by atoms with van der Waals surface area (Å²) in [5.41, 5.74) is 1.46. The molecule has 2 unspecified atom stereocenters. The highest BCUT2D eigenvalue weighted by Gasteiger charge is 2.36. The lowest BCUT2D eigenvalue weighted by Crippen LogP contribution is -2.59. The van der Waals surface area contributed by atoms with E-state index in [0.29, 0.717) is 12.1 Å². The van der Waals surface area contributed by atoms with Crippen molar-refractivity contribution in [3.63, 3.8) is 0 Å². The van der Waals surface area contributed by atoms with E-state index in [4.69, 9.17) is 4.74 Å². The maximum Gasteiger partial charge on any atom is 0.0645 e. The van der Waals surface area contributed by atoms with Crippen LogP contribution >= 0.6 is 0 Å². The molecule has 1 aromatic rings.